The van der Waals surface area contributed by atoms with E-state index in [1.165, 1.54) is 6.42 Å². The van der Waals surface area contributed by atoms with Crippen LogP contribution in [0, 0.1) is 27.6 Å². The van der Waals surface area contributed by atoms with Crippen LogP contribution in [0.1, 0.15) is 88.5 Å². The topological polar surface area (TPSA) is 49.7 Å². The second-order valence-electron chi connectivity index (χ2n) is 10.9. The first kappa shape index (κ1) is 22.1. The third kappa shape index (κ3) is 7.99. The van der Waals surface area contributed by atoms with Gasteiger partial charge in [0.1, 0.15) is 5.71 Å². The molecular weight excluding hydrogens is 286 g/mol. The van der Waals surface area contributed by atoms with E-state index < -0.39 is 5.41 Å². The summed E-state index contributed by atoms with van der Waals surface area (Å²) in [6.45, 7) is 22.3. The molecule has 0 radical (unpaired) electrons. The molecule has 0 aliphatic carbocycles. The molecule has 3 nitrogen and oxygen atoms in total. The second-order valence-corrected chi connectivity index (χ2v) is 10.9. The van der Waals surface area contributed by atoms with E-state index in [-0.39, 0.29) is 16.5 Å². The molecule has 136 valence electrons. The molecule has 0 aliphatic heterocycles. The summed E-state index contributed by atoms with van der Waals surface area (Å²) in [7, 11) is 0. The summed E-state index contributed by atoms with van der Waals surface area (Å²) in [5.74, 6) is 0.596. The summed E-state index contributed by atoms with van der Waals surface area (Å²) in [6, 6.07) is 0. The maximum atomic E-state index is 11.1. The van der Waals surface area contributed by atoms with E-state index in [9.17, 15) is 4.79 Å². The summed E-state index contributed by atoms with van der Waals surface area (Å²) in [6.07, 6.45) is 3.76. The van der Waals surface area contributed by atoms with Crippen LogP contribution in [0.15, 0.2) is 5.16 Å². The zero-order valence-corrected chi connectivity index (χ0v) is 17.1. The highest BCUT2D eigenvalue weighted by Gasteiger charge is 2.38. The molecule has 1 atom stereocenters. The second kappa shape index (κ2) is 7.36. The van der Waals surface area contributed by atoms with Gasteiger partial charge in [-0.15, -0.1) is 0 Å². The molecule has 1 N–H and O–H groups in total. The van der Waals surface area contributed by atoms with Crippen LogP contribution in [-0.4, -0.2) is 17.2 Å². The van der Waals surface area contributed by atoms with Crippen LogP contribution >= 0.6 is 0 Å². The largest absolute Gasteiger partial charge is 0.411 e. The zero-order chi connectivity index (χ0) is 18.7. The van der Waals surface area contributed by atoms with E-state index >= 15 is 0 Å². The van der Waals surface area contributed by atoms with E-state index in [0.717, 1.165) is 12.8 Å². The van der Waals surface area contributed by atoms with Crippen molar-refractivity contribution in [3.8, 4) is 0 Å². The predicted octanol–water partition coefficient (Wildman–Crippen LogP) is 5.95. The Kier molecular flexibility index (Phi) is 7.08. The first-order chi connectivity index (χ1) is 10.0. The number of rotatable bonds is 7. The standard InChI is InChI=1S/C20H39NO2/c1-17(2,3)11-15(18(4,5)6)12-19(7,8)14-20(9,10)16(13-22)21-23/h13,15,23H,11-12,14H2,1-10H3. The number of carbonyl (C=O) groups excluding carboxylic acids is 1. The zero-order valence-electron chi connectivity index (χ0n) is 17.1. The third-order valence-electron chi connectivity index (χ3n) is 4.72. The molecule has 23 heavy (non-hydrogen) atoms. The lowest BCUT2D eigenvalue weighted by Gasteiger charge is -2.42. The lowest BCUT2D eigenvalue weighted by Crippen LogP contribution is -2.35. The average molecular weight is 326 g/mol. The van der Waals surface area contributed by atoms with Crippen molar-refractivity contribution in [1.82, 2.24) is 0 Å². The van der Waals surface area contributed by atoms with Gasteiger partial charge < -0.3 is 5.21 Å². The smallest absolute Gasteiger partial charge is 0.168 e. The fraction of sp³-hybridized carbons (Fsp3) is 0.900. The number of carbonyl (C=O) groups is 1. The van der Waals surface area contributed by atoms with Crippen molar-refractivity contribution in [3.63, 3.8) is 0 Å². The minimum atomic E-state index is -0.426. The Balaban J connectivity index is 5.29. The van der Waals surface area contributed by atoms with Crippen LogP contribution in [0.2, 0.25) is 0 Å². The number of nitrogens with zero attached hydrogens (tertiary/aromatic N) is 1. The van der Waals surface area contributed by atoms with Crippen LogP contribution in [0.5, 0.6) is 0 Å². The number of hydrogen-bond donors (Lipinski definition) is 1. The average Bonchev–Trinajstić information content (AvgIpc) is 2.23. The fourth-order valence-electron chi connectivity index (χ4n) is 3.77. The van der Waals surface area contributed by atoms with E-state index in [2.05, 4.69) is 60.5 Å². The van der Waals surface area contributed by atoms with Gasteiger partial charge in [-0.3, -0.25) is 4.79 Å². The van der Waals surface area contributed by atoms with Gasteiger partial charge in [-0.05, 0) is 41.4 Å². The van der Waals surface area contributed by atoms with Crippen molar-refractivity contribution in [2.75, 3.05) is 0 Å². The normalized spacial score (nSPS) is 16.3. The maximum absolute atomic E-state index is 11.1. The quantitative estimate of drug-likeness (QED) is 0.272. The summed E-state index contributed by atoms with van der Waals surface area (Å²) < 4.78 is 0. The van der Waals surface area contributed by atoms with Crippen molar-refractivity contribution in [2.24, 2.45) is 32.7 Å². The molecule has 1 unspecified atom stereocenters. The van der Waals surface area contributed by atoms with Gasteiger partial charge in [-0.1, -0.05) is 74.4 Å². The van der Waals surface area contributed by atoms with Crippen molar-refractivity contribution >= 4 is 12.0 Å². The van der Waals surface area contributed by atoms with E-state index in [1.54, 1.807) is 0 Å². The molecule has 0 spiro atoms. The highest BCUT2D eigenvalue weighted by Crippen LogP contribution is 2.46. The minimum absolute atomic E-state index is 0.0612. The molecule has 0 saturated carbocycles. The summed E-state index contributed by atoms with van der Waals surface area (Å²) >= 11 is 0. The summed E-state index contributed by atoms with van der Waals surface area (Å²) in [4.78, 5) is 11.1. The third-order valence-corrected chi connectivity index (χ3v) is 4.72. The predicted molar refractivity (Wildman–Crippen MR) is 99.1 cm³/mol. The summed E-state index contributed by atoms with van der Waals surface area (Å²) in [5.41, 5.74) is 0.404. The van der Waals surface area contributed by atoms with Crippen molar-refractivity contribution in [2.45, 2.75) is 88.5 Å². The Morgan fingerprint density at radius 1 is 0.957 bits per heavy atom. The fourth-order valence-corrected chi connectivity index (χ4v) is 3.77. The van der Waals surface area contributed by atoms with E-state index in [0.29, 0.717) is 17.6 Å². The molecule has 0 saturated heterocycles. The van der Waals surface area contributed by atoms with Gasteiger partial charge in [0.25, 0.3) is 0 Å². The molecule has 0 fully saturated rings. The molecule has 0 amide bonds. The van der Waals surface area contributed by atoms with Crippen LogP contribution in [0.3, 0.4) is 0 Å². The first-order valence-corrected chi connectivity index (χ1v) is 8.72. The summed E-state index contributed by atoms with van der Waals surface area (Å²) in [5, 5.41) is 12.3. The molecule has 0 heterocycles. The lowest BCUT2D eigenvalue weighted by molar-refractivity contribution is -0.103. The van der Waals surface area contributed by atoms with Gasteiger partial charge in [-0.2, -0.15) is 0 Å². The van der Waals surface area contributed by atoms with Crippen LogP contribution < -0.4 is 0 Å². The van der Waals surface area contributed by atoms with Gasteiger partial charge in [0.05, 0.1) is 0 Å². The van der Waals surface area contributed by atoms with Crippen LogP contribution in [-0.2, 0) is 4.79 Å². The Hall–Kier alpha value is -0.860. The van der Waals surface area contributed by atoms with Gasteiger partial charge >= 0.3 is 0 Å². The first-order valence-electron chi connectivity index (χ1n) is 8.72. The van der Waals surface area contributed by atoms with E-state index in [4.69, 9.17) is 5.21 Å². The van der Waals surface area contributed by atoms with Crippen LogP contribution in [0.25, 0.3) is 0 Å². The molecule has 0 aliphatic rings. The van der Waals surface area contributed by atoms with Crippen molar-refractivity contribution < 1.29 is 10.0 Å². The molecular formula is C20H39NO2. The number of aldehydes is 1. The minimum Gasteiger partial charge on any atom is -0.411 e. The van der Waals surface area contributed by atoms with Gasteiger partial charge in [-0.25, -0.2) is 0 Å². The highest BCUT2D eigenvalue weighted by atomic mass is 16.4. The molecule has 0 aromatic heterocycles. The maximum Gasteiger partial charge on any atom is 0.168 e. The molecule has 0 rings (SSSR count). The number of hydrogen-bond acceptors (Lipinski definition) is 3. The Morgan fingerprint density at radius 2 is 1.43 bits per heavy atom. The Labute approximate surface area is 143 Å². The lowest BCUT2D eigenvalue weighted by atomic mass is 9.62. The Morgan fingerprint density at radius 3 is 1.74 bits per heavy atom. The van der Waals surface area contributed by atoms with Crippen LogP contribution in [0.4, 0.5) is 0 Å². The monoisotopic (exact) mass is 325 g/mol. The Bertz CT molecular complexity index is 420. The molecule has 0 aromatic rings. The molecule has 0 aromatic carbocycles. The SMILES string of the molecule is CC(C)(C)CC(CC(C)(C)CC(C)(C)C(C=O)=NO)C(C)(C)C. The van der Waals surface area contributed by atoms with E-state index in [1.807, 2.05) is 13.8 Å². The number of oxime groups is 1. The molecule has 0 bridgehead atoms. The van der Waals surface area contributed by atoms with Crippen molar-refractivity contribution in [3.05, 3.63) is 0 Å². The molecule has 3 heteroatoms. The van der Waals surface area contributed by atoms with Gasteiger partial charge in [0.2, 0.25) is 0 Å². The van der Waals surface area contributed by atoms with Crippen molar-refractivity contribution in [1.29, 1.82) is 0 Å². The van der Waals surface area contributed by atoms with Gasteiger partial charge in [0, 0.05) is 5.41 Å². The highest BCUT2D eigenvalue weighted by molar-refractivity contribution is 6.30. The van der Waals surface area contributed by atoms with Gasteiger partial charge in [0.15, 0.2) is 6.29 Å².